The van der Waals surface area contributed by atoms with Gasteiger partial charge in [0.05, 0.1) is 23.3 Å². The van der Waals surface area contributed by atoms with Crippen molar-refractivity contribution in [3.8, 4) is 0 Å². The number of rotatable bonds is 2. The highest BCUT2D eigenvalue weighted by Gasteiger charge is 2.22. The van der Waals surface area contributed by atoms with Crippen molar-refractivity contribution in [1.82, 2.24) is 9.97 Å². The van der Waals surface area contributed by atoms with Gasteiger partial charge in [0.15, 0.2) is 0 Å². The minimum absolute atomic E-state index is 0.212. The van der Waals surface area contributed by atoms with E-state index >= 15 is 0 Å². The van der Waals surface area contributed by atoms with Crippen LogP contribution in [0.4, 0.5) is 5.95 Å². The molecule has 1 aliphatic heterocycles. The predicted octanol–water partition coefficient (Wildman–Crippen LogP) is 1.28. The fraction of sp³-hybridized carbons (Fsp3) is 0.500. The maximum atomic E-state index is 7.40. The maximum absolute atomic E-state index is 7.40. The molecule has 1 aliphatic rings. The van der Waals surface area contributed by atoms with Gasteiger partial charge in [0.2, 0.25) is 5.95 Å². The molecule has 3 N–H and O–H groups in total. The van der Waals surface area contributed by atoms with Crippen LogP contribution in [0.25, 0.3) is 0 Å². The summed E-state index contributed by atoms with van der Waals surface area (Å²) in [7, 11) is 0. The molecule has 0 spiro atoms. The van der Waals surface area contributed by atoms with Gasteiger partial charge in [-0.05, 0) is 12.8 Å². The SMILES string of the molecule is N=C(N)C1CCN(c2ncc(Cl)cn2)CC1. The molecule has 0 radical (unpaired) electrons. The minimum Gasteiger partial charge on any atom is -0.387 e. The summed E-state index contributed by atoms with van der Waals surface area (Å²) in [5, 5.41) is 7.94. The summed E-state index contributed by atoms with van der Waals surface area (Å²) in [6, 6.07) is 0. The number of hydrogen-bond acceptors (Lipinski definition) is 4. The summed E-state index contributed by atoms with van der Waals surface area (Å²) in [5.74, 6) is 1.20. The average molecular weight is 240 g/mol. The molecular formula is C10H14ClN5. The summed E-state index contributed by atoms with van der Waals surface area (Å²) >= 11 is 5.73. The molecular weight excluding hydrogens is 226 g/mol. The lowest BCUT2D eigenvalue weighted by molar-refractivity contribution is 0.492. The Hall–Kier alpha value is -1.36. The number of halogens is 1. The summed E-state index contributed by atoms with van der Waals surface area (Å²) in [6.07, 6.45) is 4.98. The van der Waals surface area contributed by atoms with Crippen molar-refractivity contribution < 1.29 is 0 Å². The third-order valence-corrected chi connectivity index (χ3v) is 3.02. The highest BCUT2D eigenvalue weighted by atomic mass is 35.5. The smallest absolute Gasteiger partial charge is 0.225 e. The van der Waals surface area contributed by atoms with E-state index in [1.165, 1.54) is 0 Å². The molecule has 1 fully saturated rings. The fourth-order valence-electron chi connectivity index (χ4n) is 1.86. The normalized spacial score (nSPS) is 17.4. The number of nitrogens with one attached hydrogen (secondary N) is 1. The van der Waals surface area contributed by atoms with Gasteiger partial charge in [0.1, 0.15) is 0 Å². The van der Waals surface area contributed by atoms with Gasteiger partial charge in [-0.1, -0.05) is 11.6 Å². The third-order valence-electron chi connectivity index (χ3n) is 2.82. The Morgan fingerprint density at radius 2 is 1.94 bits per heavy atom. The Kier molecular flexibility index (Phi) is 3.24. The molecule has 1 aromatic heterocycles. The molecule has 6 heteroatoms. The van der Waals surface area contributed by atoms with Crippen molar-refractivity contribution in [1.29, 1.82) is 5.41 Å². The van der Waals surface area contributed by atoms with E-state index in [0.717, 1.165) is 25.9 Å². The lowest BCUT2D eigenvalue weighted by atomic mass is 9.96. The first-order valence-electron chi connectivity index (χ1n) is 5.23. The number of amidine groups is 1. The van der Waals surface area contributed by atoms with Crippen LogP contribution in [0.15, 0.2) is 12.4 Å². The molecule has 0 aliphatic carbocycles. The van der Waals surface area contributed by atoms with Crippen LogP contribution in [-0.4, -0.2) is 28.9 Å². The lowest BCUT2D eigenvalue weighted by Crippen LogP contribution is -2.39. The van der Waals surface area contributed by atoms with E-state index in [4.69, 9.17) is 22.7 Å². The summed E-state index contributed by atoms with van der Waals surface area (Å²) in [5.41, 5.74) is 5.49. The van der Waals surface area contributed by atoms with Crippen LogP contribution in [0, 0.1) is 11.3 Å². The standard InChI is InChI=1S/C10H14ClN5/c11-8-5-14-10(15-6-8)16-3-1-7(2-4-16)9(12)13/h5-7H,1-4H2,(H3,12,13). The number of piperidine rings is 1. The Balaban J connectivity index is 1.99. The van der Waals surface area contributed by atoms with Crippen molar-refractivity contribution in [2.24, 2.45) is 11.7 Å². The second-order valence-electron chi connectivity index (χ2n) is 3.92. The number of nitrogens with zero attached hydrogens (tertiary/aromatic N) is 3. The Labute approximate surface area is 99.1 Å². The van der Waals surface area contributed by atoms with Crippen LogP contribution in [0.3, 0.4) is 0 Å². The van der Waals surface area contributed by atoms with Crippen molar-refractivity contribution in [3.63, 3.8) is 0 Å². The molecule has 0 aromatic carbocycles. The fourth-order valence-corrected chi connectivity index (χ4v) is 1.96. The first kappa shape index (κ1) is 11.1. The molecule has 0 bridgehead atoms. The van der Waals surface area contributed by atoms with E-state index in [0.29, 0.717) is 11.0 Å². The molecule has 86 valence electrons. The van der Waals surface area contributed by atoms with Crippen LogP contribution in [-0.2, 0) is 0 Å². The van der Waals surface area contributed by atoms with Crippen LogP contribution in [0.1, 0.15) is 12.8 Å². The van der Waals surface area contributed by atoms with E-state index in [9.17, 15) is 0 Å². The van der Waals surface area contributed by atoms with Crippen molar-refractivity contribution in [2.75, 3.05) is 18.0 Å². The zero-order valence-corrected chi connectivity index (χ0v) is 9.61. The number of nitrogens with two attached hydrogens (primary N) is 1. The second kappa shape index (κ2) is 4.65. The molecule has 0 saturated carbocycles. The van der Waals surface area contributed by atoms with Gasteiger partial charge < -0.3 is 10.6 Å². The number of anilines is 1. The average Bonchev–Trinajstić information content (AvgIpc) is 2.30. The molecule has 16 heavy (non-hydrogen) atoms. The summed E-state index contributed by atoms with van der Waals surface area (Å²) < 4.78 is 0. The first-order valence-corrected chi connectivity index (χ1v) is 5.61. The van der Waals surface area contributed by atoms with Crippen LogP contribution in [0.5, 0.6) is 0 Å². The Morgan fingerprint density at radius 3 is 2.44 bits per heavy atom. The molecule has 1 saturated heterocycles. The largest absolute Gasteiger partial charge is 0.387 e. The second-order valence-corrected chi connectivity index (χ2v) is 4.35. The molecule has 5 nitrogen and oxygen atoms in total. The van der Waals surface area contributed by atoms with E-state index in [2.05, 4.69) is 14.9 Å². The minimum atomic E-state index is 0.212. The van der Waals surface area contributed by atoms with E-state index in [1.54, 1.807) is 12.4 Å². The van der Waals surface area contributed by atoms with Crippen LogP contribution < -0.4 is 10.6 Å². The lowest BCUT2D eigenvalue weighted by Gasteiger charge is -2.31. The predicted molar refractivity (Wildman–Crippen MR) is 63.9 cm³/mol. The van der Waals surface area contributed by atoms with Gasteiger partial charge in [-0.15, -0.1) is 0 Å². The summed E-state index contributed by atoms with van der Waals surface area (Å²) in [4.78, 5) is 10.4. The van der Waals surface area contributed by atoms with Crippen LogP contribution >= 0.6 is 11.6 Å². The van der Waals surface area contributed by atoms with Gasteiger partial charge in [0, 0.05) is 19.0 Å². The highest BCUT2D eigenvalue weighted by molar-refractivity contribution is 6.30. The topological polar surface area (TPSA) is 78.9 Å². The first-order chi connectivity index (χ1) is 7.66. The Morgan fingerprint density at radius 1 is 1.38 bits per heavy atom. The molecule has 0 unspecified atom stereocenters. The monoisotopic (exact) mass is 239 g/mol. The van der Waals surface area contributed by atoms with E-state index < -0.39 is 0 Å². The van der Waals surface area contributed by atoms with Crippen molar-refractivity contribution >= 4 is 23.4 Å². The van der Waals surface area contributed by atoms with Crippen molar-refractivity contribution in [2.45, 2.75) is 12.8 Å². The molecule has 2 rings (SSSR count). The van der Waals surface area contributed by atoms with Gasteiger partial charge in [-0.25, -0.2) is 9.97 Å². The third kappa shape index (κ3) is 2.41. The van der Waals surface area contributed by atoms with Gasteiger partial charge in [-0.3, -0.25) is 5.41 Å². The Bertz CT molecular complexity index is 369. The zero-order valence-electron chi connectivity index (χ0n) is 8.86. The van der Waals surface area contributed by atoms with E-state index in [1.807, 2.05) is 0 Å². The maximum Gasteiger partial charge on any atom is 0.225 e. The molecule has 2 heterocycles. The van der Waals surface area contributed by atoms with Gasteiger partial charge in [-0.2, -0.15) is 0 Å². The summed E-state index contributed by atoms with van der Waals surface area (Å²) in [6.45, 7) is 1.68. The molecule has 0 atom stereocenters. The quantitative estimate of drug-likeness (QED) is 0.602. The van der Waals surface area contributed by atoms with E-state index in [-0.39, 0.29) is 11.8 Å². The molecule has 1 aromatic rings. The number of aromatic nitrogens is 2. The zero-order chi connectivity index (χ0) is 11.5. The number of hydrogen-bond donors (Lipinski definition) is 2. The highest BCUT2D eigenvalue weighted by Crippen LogP contribution is 2.20. The molecule has 0 amide bonds. The van der Waals surface area contributed by atoms with Crippen molar-refractivity contribution in [3.05, 3.63) is 17.4 Å². The van der Waals surface area contributed by atoms with Gasteiger partial charge in [0.25, 0.3) is 0 Å². The van der Waals surface area contributed by atoms with Crippen LogP contribution in [0.2, 0.25) is 5.02 Å². The van der Waals surface area contributed by atoms with Gasteiger partial charge >= 0.3 is 0 Å².